The highest BCUT2D eigenvalue weighted by Crippen LogP contribution is 2.40. The van der Waals surface area contributed by atoms with Gasteiger partial charge < -0.3 is 5.11 Å². The quantitative estimate of drug-likeness (QED) is 0.783. The summed E-state index contributed by atoms with van der Waals surface area (Å²) in [7, 11) is 0. The first-order valence-electron chi connectivity index (χ1n) is 6.03. The van der Waals surface area contributed by atoms with Crippen LogP contribution in [-0.2, 0) is 5.41 Å². The summed E-state index contributed by atoms with van der Waals surface area (Å²) < 4.78 is 1.13. The molecule has 0 radical (unpaired) electrons. The molecule has 102 valence electrons. The molecule has 1 atom stereocenters. The summed E-state index contributed by atoms with van der Waals surface area (Å²) in [5, 5.41) is 10.6. The zero-order valence-electron chi connectivity index (χ0n) is 11.1. The maximum Gasteiger partial charge on any atom is 0.107 e. The summed E-state index contributed by atoms with van der Waals surface area (Å²) in [6.07, 6.45) is -0.744. The molecule has 0 saturated heterocycles. The predicted octanol–water partition coefficient (Wildman–Crippen LogP) is 5.43. The largest absolute Gasteiger partial charge is 0.384 e. The lowest BCUT2D eigenvalue weighted by atomic mass is 9.81. The SMILES string of the molecule is CC(C)(C)c1ccccc1C(O)c1cc(Cl)sc1Cl. The minimum absolute atomic E-state index is 0.0378. The molecule has 1 aromatic heterocycles. The standard InChI is InChI=1S/C15H16Cl2OS/c1-15(2,3)11-7-5-4-6-9(11)13(18)10-8-12(16)19-14(10)17/h4-8,13,18H,1-3H3. The third-order valence-corrected chi connectivity index (χ3v) is 4.56. The lowest BCUT2D eigenvalue weighted by molar-refractivity contribution is 0.218. The van der Waals surface area contributed by atoms with E-state index in [4.69, 9.17) is 23.2 Å². The fourth-order valence-corrected chi connectivity index (χ4v) is 3.65. The van der Waals surface area contributed by atoms with Gasteiger partial charge in [-0.3, -0.25) is 0 Å². The Kier molecular flexibility index (Phi) is 4.26. The molecule has 2 aromatic rings. The monoisotopic (exact) mass is 314 g/mol. The molecule has 19 heavy (non-hydrogen) atoms. The molecule has 0 amide bonds. The third-order valence-electron chi connectivity index (χ3n) is 3.04. The van der Waals surface area contributed by atoms with Crippen LogP contribution in [0, 0.1) is 0 Å². The van der Waals surface area contributed by atoms with Gasteiger partial charge >= 0.3 is 0 Å². The minimum atomic E-state index is -0.744. The maximum absolute atomic E-state index is 10.6. The van der Waals surface area contributed by atoms with Gasteiger partial charge in [-0.1, -0.05) is 68.2 Å². The van der Waals surface area contributed by atoms with Crippen molar-refractivity contribution in [3.63, 3.8) is 0 Å². The van der Waals surface area contributed by atoms with Crippen LogP contribution in [-0.4, -0.2) is 5.11 Å². The van der Waals surface area contributed by atoms with E-state index in [1.54, 1.807) is 6.07 Å². The van der Waals surface area contributed by atoms with Crippen molar-refractivity contribution in [1.82, 2.24) is 0 Å². The maximum atomic E-state index is 10.6. The average molecular weight is 315 g/mol. The van der Waals surface area contributed by atoms with Crippen molar-refractivity contribution >= 4 is 34.5 Å². The van der Waals surface area contributed by atoms with Crippen LogP contribution in [0.25, 0.3) is 0 Å². The molecule has 0 aliphatic carbocycles. The number of benzene rings is 1. The summed E-state index contributed by atoms with van der Waals surface area (Å²) in [5.74, 6) is 0. The Labute approximate surface area is 127 Å². The van der Waals surface area contributed by atoms with Gasteiger partial charge in [-0.2, -0.15) is 0 Å². The molecule has 0 spiro atoms. The number of rotatable bonds is 2. The van der Waals surface area contributed by atoms with Crippen molar-refractivity contribution in [2.75, 3.05) is 0 Å². The van der Waals surface area contributed by atoms with Crippen molar-refractivity contribution < 1.29 is 5.11 Å². The van der Waals surface area contributed by atoms with Crippen LogP contribution < -0.4 is 0 Å². The van der Waals surface area contributed by atoms with Crippen LogP contribution in [0.15, 0.2) is 30.3 Å². The van der Waals surface area contributed by atoms with E-state index >= 15 is 0 Å². The van der Waals surface area contributed by atoms with Crippen molar-refractivity contribution in [2.45, 2.75) is 32.3 Å². The highest BCUT2D eigenvalue weighted by atomic mass is 35.5. The van der Waals surface area contributed by atoms with Gasteiger partial charge in [0.2, 0.25) is 0 Å². The predicted molar refractivity (Wildman–Crippen MR) is 83.5 cm³/mol. The molecule has 2 rings (SSSR count). The van der Waals surface area contributed by atoms with E-state index in [1.807, 2.05) is 24.3 Å². The second kappa shape index (κ2) is 5.45. The van der Waals surface area contributed by atoms with Gasteiger partial charge in [0, 0.05) is 5.56 Å². The Morgan fingerprint density at radius 2 is 1.74 bits per heavy atom. The summed E-state index contributed by atoms with van der Waals surface area (Å²) >= 11 is 13.4. The average Bonchev–Trinajstić information content (AvgIpc) is 2.66. The molecule has 1 nitrogen and oxygen atoms in total. The van der Waals surface area contributed by atoms with E-state index in [9.17, 15) is 5.11 Å². The van der Waals surface area contributed by atoms with E-state index in [0.717, 1.165) is 11.1 Å². The van der Waals surface area contributed by atoms with Gasteiger partial charge in [0.1, 0.15) is 10.4 Å². The Morgan fingerprint density at radius 1 is 1.11 bits per heavy atom. The second-order valence-corrected chi connectivity index (χ2v) is 7.80. The topological polar surface area (TPSA) is 20.2 Å². The highest BCUT2D eigenvalue weighted by molar-refractivity contribution is 7.20. The van der Waals surface area contributed by atoms with Crippen LogP contribution in [0.1, 0.15) is 43.6 Å². The number of hydrogen-bond acceptors (Lipinski definition) is 2. The Morgan fingerprint density at radius 3 is 2.26 bits per heavy atom. The van der Waals surface area contributed by atoms with Gasteiger partial charge in [-0.15, -0.1) is 11.3 Å². The lowest BCUT2D eigenvalue weighted by Crippen LogP contribution is -2.16. The minimum Gasteiger partial charge on any atom is -0.384 e. The lowest BCUT2D eigenvalue weighted by Gasteiger charge is -2.25. The summed E-state index contributed by atoms with van der Waals surface area (Å²) in [5.41, 5.74) is 2.63. The fourth-order valence-electron chi connectivity index (χ4n) is 2.13. The smallest absolute Gasteiger partial charge is 0.107 e. The summed E-state index contributed by atoms with van der Waals surface area (Å²) in [4.78, 5) is 0. The number of thiophene rings is 1. The summed E-state index contributed by atoms with van der Waals surface area (Å²) in [6, 6.07) is 9.63. The van der Waals surface area contributed by atoms with Crippen LogP contribution >= 0.6 is 34.5 Å². The van der Waals surface area contributed by atoms with Crippen LogP contribution in [0.2, 0.25) is 8.67 Å². The second-order valence-electron chi connectivity index (χ2n) is 5.52. The van der Waals surface area contributed by atoms with E-state index in [2.05, 4.69) is 20.8 Å². The zero-order chi connectivity index (χ0) is 14.2. The van der Waals surface area contributed by atoms with E-state index in [-0.39, 0.29) is 5.41 Å². The van der Waals surface area contributed by atoms with Gasteiger partial charge in [-0.05, 0) is 22.6 Å². The molecular formula is C15H16Cl2OS. The summed E-state index contributed by atoms with van der Waals surface area (Å²) in [6.45, 7) is 6.38. The molecule has 1 N–H and O–H groups in total. The number of hydrogen-bond donors (Lipinski definition) is 1. The fraction of sp³-hybridized carbons (Fsp3) is 0.333. The van der Waals surface area contributed by atoms with Gasteiger partial charge in [-0.25, -0.2) is 0 Å². The number of aliphatic hydroxyl groups excluding tert-OH is 1. The number of halogens is 2. The molecule has 0 fully saturated rings. The normalized spacial score (nSPS) is 13.6. The molecule has 1 heterocycles. The molecule has 0 bridgehead atoms. The van der Waals surface area contributed by atoms with Gasteiger partial charge in [0.25, 0.3) is 0 Å². The van der Waals surface area contributed by atoms with Gasteiger partial charge in [0.05, 0.1) is 4.34 Å². The van der Waals surface area contributed by atoms with E-state index < -0.39 is 6.10 Å². The molecule has 0 saturated carbocycles. The molecule has 4 heteroatoms. The van der Waals surface area contributed by atoms with Gasteiger partial charge in [0.15, 0.2) is 0 Å². The first-order chi connectivity index (χ1) is 8.80. The highest BCUT2D eigenvalue weighted by Gasteiger charge is 2.24. The van der Waals surface area contributed by atoms with Crippen molar-refractivity contribution in [1.29, 1.82) is 0 Å². The van der Waals surface area contributed by atoms with Crippen molar-refractivity contribution in [2.24, 2.45) is 0 Å². The van der Waals surface area contributed by atoms with Crippen LogP contribution in [0.3, 0.4) is 0 Å². The first-order valence-corrected chi connectivity index (χ1v) is 7.60. The zero-order valence-corrected chi connectivity index (χ0v) is 13.4. The Hall–Kier alpha value is -0.540. The number of aliphatic hydroxyl groups is 1. The molecule has 0 aliphatic rings. The van der Waals surface area contributed by atoms with Crippen molar-refractivity contribution in [3.05, 3.63) is 55.7 Å². The molecule has 1 aromatic carbocycles. The van der Waals surface area contributed by atoms with Crippen molar-refractivity contribution in [3.8, 4) is 0 Å². The first kappa shape index (κ1) is 14.9. The van der Waals surface area contributed by atoms with Crippen LogP contribution in [0.5, 0.6) is 0 Å². The Balaban J connectivity index is 2.50. The van der Waals surface area contributed by atoms with E-state index in [0.29, 0.717) is 14.2 Å². The molecule has 0 aliphatic heterocycles. The molecule has 1 unspecified atom stereocenters. The third kappa shape index (κ3) is 3.14. The molecular weight excluding hydrogens is 299 g/mol. The van der Waals surface area contributed by atoms with Crippen LogP contribution in [0.4, 0.5) is 0 Å². The Bertz CT molecular complexity index is 584. The van der Waals surface area contributed by atoms with E-state index in [1.165, 1.54) is 11.3 Å².